The lowest BCUT2D eigenvalue weighted by Gasteiger charge is -2.28. The van der Waals surface area contributed by atoms with Crippen LogP contribution in [0.15, 0.2) is 148 Å². The van der Waals surface area contributed by atoms with Gasteiger partial charge in [0.1, 0.15) is 22.3 Å². The minimum absolute atomic E-state index is 0.0865. The number of hydrogen-bond acceptors (Lipinski definition) is 3. The molecular weight excluding hydrogens is 562 g/mol. The Balaban J connectivity index is 1.16. The molecule has 7 aromatic carbocycles. The standard InChI is InChI=1S/C43H29NO2/c1-43(2)36-15-9-8-14-31(36)32-18-16-29(24-37(32)43)44(28-12-4-3-5-13-28)30-17-19-34-40(25-30)45-38-21-20-33-35-22-26-10-6-7-11-27(26)23-39(35)46-42(33)41(34)38/h3-25H,1-2H3. The zero-order valence-corrected chi connectivity index (χ0v) is 25.5. The van der Waals surface area contributed by atoms with Crippen LogP contribution < -0.4 is 4.90 Å². The summed E-state index contributed by atoms with van der Waals surface area (Å²) in [4.78, 5) is 2.33. The summed E-state index contributed by atoms with van der Waals surface area (Å²) in [6.45, 7) is 4.66. The highest BCUT2D eigenvalue weighted by molar-refractivity contribution is 6.23. The van der Waals surface area contributed by atoms with Gasteiger partial charge in [-0.25, -0.2) is 0 Å². The van der Waals surface area contributed by atoms with Gasteiger partial charge < -0.3 is 13.7 Å². The minimum atomic E-state index is -0.0865. The predicted molar refractivity (Wildman–Crippen MR) is 191 cm³/mol. The van der Waals surface area contributed by atoms with Gasteiger partial charge in [-0.05, 0) is 93.7 Å². The molecule has 0 amide bonds. The van der Waals surface area contributed by atoms with Gasteiger partial charge in [0.05, 0.1) is 5.39 Å². The molecule has 0 bridgehead atoms. The summed E-state index contributed by atoms with van der Waals surface area (Å²) in [5.74, 6) is 0. The average Bonchev–Trinajstić information content (AvgIpc) is 3.71. The Morgan fingerprint density at radius 2 is 1.13 bits per heavy atom. The van der Waals surface area contributed by atoms with Crippen molar-refractivity contribution >= 4 is 71.7 Å². The summed E-state index contributed by atoms with van der Waals surface area (Å²) in [6.07, 6.45) is 0. The van der Waals surface area contributed by atoms with E-state index in [4.69, 9.17) is 8.83 Å². The Morgan fingerprint density at radius 1 is 0.457 bits per heavy atom. The third kappa shape index (κ3) is 3.48. The van der Waals surface area contributed by atoms with Crippen LogP contribution in [0.3, 0.4) is 0 Å². The van der Waals surface area contributed by atoms with E-state index in [1.165, 1.54) is 33.0 Å². The maximum absolute atomic E-state index is 6.57. The normalized spacial score (nSPS) is 13.6. The Bertz CT molecular complexity index is 2670. The quantitative estimate of drug-likeness (QED) is 0.205. The van der Waals surface area contributed by atoms with E-state index in [1.807, 2.05) is 0 Å². The maximum atomic E-state index is 6.57. The topological polar surface area (TPSA) is 29.5 Å². The van der Waals surface area contributed by atoms with Gasteiger partial charge in [0.25, 0.3) is 0 Å². The van der Waals surface area contributed by atoms with Gasteiger partial charge in [-0.15, -0.1) is 0 Å². The highest BCUT2D eigenvalue weighted by Gasteiger charge is 2.35. The Labute approximate surface area is 265 Å². The fourth-order valence-corrected chi connectivity index (χ4v) is 7.76. The Morgan fingerprint density at radius 3 is 2.00 bits per heavy atom. The number of anilines is 3. The molecule has 0 fully saturated rings. The van der Waals surface area contributed by atoms with Crippen LogP contribution in [0, 0.1) is 0 Å². The summed E-state index contributed by atoms with van der Waals surface area (Å²) < 4.78 is 13.1. The molecule has 218 valence electrons. The van der Waals surface area contributed by atoms with Crippen molar-refractivity contribution in [2.24, 2.45) is 0 Å². The number of para-hydroxylation sites is 1. The van der Waals surface area contributed by atoms with Crippen molar-refractivity contribution in [1.29, 1.82) is 0 Å². The van der Waals surface area contributed by atoms with Crippen molar-refractivity contribution in [3.05, 3.63) is 151 Å². The van der Waals surface area contributed by atoms with Gasteiger partial charge in [0, 0.05) is 44.7 Å². The van der Waals surface area contributed by atoms with Crippen LogP contribution in [-0.2, 0) is 5.41 Å². The number of nitrogens with zero attached hydrogens (tertiary/aromatic N) is 1. The SMILES string of the molecule is CC1(C)c2ccccc2-c2ccc(N(c3ccccc3)c3ccc4c(c3)oc3ccc5c6cc7ccccc7cc6oc5c34)cc21. The molecule has 1 aliphatic carbocycles. The van der Waals surface area contributed by atoms with Gasteiger partial charge in [-0.2, -0.15) is 0 Å². The largest absolute Gasteiger partial charge is 0.456 e. The Kier molecular flexibility index (Phi) is 5.06. The summed E-state index contributed by atoms with van der Waals surface area (Å²) in [5.41, 5.74) is 12.0. The first-order chi connectivity index (χ1) is 22.5. The number of rotatable bonds is 3. The third-order valence-corrected chi connectivity index (χ3v) is 10.0. The molecule has 0 atom stereocenters. The molecule has 3 heteroatoms. The van der Waals surface area contributed by atoms with Gasteiger partial charge in [0.2, 0.25) is 0 Å². The van der Waals surface area contributed by atoms with Gasteiger partial charge in [-0.3, -0.25) is 0 Å². The van der Waals surface area contributed by atoms with E-state index in [0.717, 1.165) is 60.9 Å². The Hall–Kier alpha value is -5.80. The lowest BCUT2D eigenvalue weighted by molar-refractivity contribution is 0.660. The summed E-state index contributed by atoms with van der Waals surface area (Å²) >= 11 is 0. The smallest absolute Gasteiger partial charge is 0.147 e. The molecule has 9 aromatic rings. The molecule has 2 heterocycles. The second-order valence-electron chi connectivity index (χ2n) is 13.0. The molecule has 0 aliphatic heterocycles. The van der Waals surface area contributed by atoms with Crippen LogP contribution in [0.1, 0.15) is 25.0 Å². The number of benzene rings is 7. The first-order valence-electron chi connectivity index (χ1n) is 15.8. The van der Waals surface area contributed by atoms with Crippen molar-refractivity contribution in [3.8, 4) is 11.1 Å². The van der Waals surface area contributed by atoms with E-state index < -0.39 is 0 Å². The molecule has 0 saturated heterocycles. The highest BCUT2D eigenvalue weighted by atomic mass is 16.3. The molecule has 0 spiro atoms. The van der Waals surface area contributed by atoms with Crippen LogP contribution in [0.25, 0.3) is 65.8 Å². The first kappa shape index (κ1) is 25.5. The maximum Gasteiger partial charge on any atom is 0.147 e. The molecule has 0 radical (unpaired) electrons. The molecule has 1 aliphatic rings. The zero-order valence-electron chi connectivity index (χ0n) is 25.5. The van der Waals surface area contributed by atoms with E-state index >= 15 is 0 Å². The van der Waals surface area contributed by atoms with Crippen molar-refractivity contribution in [1.82, 2.24) is 0 Å². The van der Waals surface area contributed by atoms with Gasteiger partial charge >= 0.3 is 0 Å². The van der Waals surface area contributed by atoms with Gasteiger partial charge in [-0.1, -0.05) is 86.6 Å². The number of fused-ring (bicyclic) bond motifs is 11. The number of hydrogen-bond donors (Lipinski definition) is 0. The molecule has 2 aromatic heterocycles. The number of furan rings is 2. The van der Waals surface area contributed by atoms with Crippen molar-refractivity contribution in [3.63, 3.8) is 0 Å². The third-order valence-electron chi connectivity index (χ3n) is 10.0. The molecule has 0 unspecified atom stereocenters. The van der Waals surface area contributed by atoms with Crippen LogP contribution in [0.4, 0.5) is 17.1 Å². The second-order valence-corrected chi connectivity index (χ2v) is 13.0. The van der Waals surface area contributed by atoms with Crippen molar-refractivity contribution in [2.45, 2.75) is 19.3 Å². The van der Waals surface area contributed by atoms with E-state index in [2.05, 4.69) is 158 Å². The fourth-order valence-electron chi connectivity index (χ4n) is 7.76. The lowest BCUT2D eigenvalue weighted by atomic mass is 9.82. The molecule has 0 saturated carbocycles. The van der Waals surface area contributed by atoms with Gasteiger partial charge in [0.15, 0.2) is 0 Å². The molecule has 46 heavy (non-hydrogen) atoms. The van der Waals surface area contributed by atoms with E-state index in [1.54, 1.807) is 0 Å². The highest BCUT2D eigenvalue weighted by Crippen LogP contribution is 2.51. The summed E-state index contributed by atoms with van der Waals surface area (Å²) in [6, 6.07) is 49.8. The predicted octanol–water partition coefficient (Wildman–Crippen LogP) is 12.4. The summed E-state index contributed by atoms with van der Waals surface area (Å²) in [5, 5.41) is 6.67. The van der Waals surface area contributed by atoms with E-state index in [0.29, 0.717) is 0 Å². The minimum Gasteiger partial charge on any atom is -0.456 e. The molecule has 3 nitrogen and oxygen atoms in total. The van der Waals surface area contributed by atoms with Crippen LogP contribution >= 0.6 is 0 Å². The van der Waals surface area contributed by atoms with E-state index in [9.17, 15) is 0 Å². The molecule has 10 rings (SSSR count). The second kappa shape index (κ2) is 9.12. The first-order valence-corrected chi connectivity index (χ1v) is 15.8. The van der Waals surface area contributed by atoms with Crippen LogP contribution in [0.2, 0.25) is 0 Å². The monoisotopic (exact) mass is 591 g/mol. The van der Waals surface area contributed by atoms with E-state index in [-0.39, 0.29) is 5.41 Å². The van der Waals surface area contributed by atoms with Crippen molar-refractivity contribution in [2.75, 3.05) is 4.90 Å². The average molecular weight is 592 g/mol. The van der Waals surface area contributed by atoms with Crippen LogP contribution in [-0.4, -0.2) is 0 Å². The molecule has 0 N–H and O–H groups in total. The lowest BCUT2D eigenvalue weighted by Crippen LogP contribution is -2.16. The zero-order chi connectivity index (χ0) is 30.6. The van der Waals surface area contributed by atoms with Crippen molar-refractivity contribution < 1.29 is 8.83 Å². The molecular formula is C43H29NO2. The summed E-state index contributed by atoms with van der Waals surface area (Å²) in [7, 11) is 0. The van der Waals surface area contributed by atoms with Crippen LogP contribution in [0.5, 0.6) is 0 Å². The fraction of sp³-hybridized carbons (Fsp3) is 0.0698.